The predicted molar refractivity (Wildman–Crippen MR) is 131 cm³/mol. The van der Waals surface area contributed by atoms with Crippen molar-refractivity contribution in [2.45, 2.75) is 45.8 Å². The number of hydrogen-bond donors (Lipinski definition) is 0. The lowest BCUT2D eigenvalue weighted by molar-refractivity contribution is 1.17. The summed E-state index contributed by atoms with van der Waals surface area (Å²) < 4.78 is 2.77. The Kier molecular flexibility index (Phi) is 4.17. The molecule has 1 heterocycles. The zero-order valence-corrected chi connectivity index (χ0v) is 20.5. The lowest BCUT2D eigenvalue weighted by Crippen LogP contribution is -2.35. The summed E-state index contributed by atoms with van der Waals surface area (Å²) in [6, 6.07) is 11.5. The van der Waals surface area contributed by atoms with Crippen LogP contribution in [0.3, 0.4) is 0 Å². The van der Waals surface area contributed by atoms with Crippen molar-refractivity contribution >= 4 is 56.7 Å². The van der Waals surface area contributed by atoms with Crippen LogP contribution in [0.25, 0.3) is 21.4 Å². The van der Waals surface area contributed by atoms with Gasteiger partial charge >= 0.3 is 0 Å². The van der Waals surface area contributed by atoms with Crippen LogP contribution in [0.15, 0.2) is 46.5 Å². The van der Waals surface area contributed by atoms with Gasteiger partial charge in [-0.15, -0.1) is 11.3 Å². The zero-order valence-electron chi connectivity index (χ0n) is 17.1. The van der Waals surface area contributed by atoms with Crippen molar-refractivity contribution in [3.05, 3.63) is 79.1 Å². The van der Waals surface area contributed by atoms with Crippen molar-refractivity contribution in [2.24, 2.45) is 0 Å². The summed E-state index contributed by atoms with van der Waals surface area (Å²) in [6.07, 6.45) is 5.90. The molecule has 1 unspecified atom stereocenters. The lowest BCUT2D eigenvalue weighted by Gasteiger charge is -2.33. The number of fused-ring (bicyclic) bond motifs is 3. The molecule has 3 aromatic rings. The summed E-state index contributed by atoms with van der Waals surface area (Å²) in [4.78, 5) is 1.44. The van der Waals surface area contributed by atoms with Gasteiger partial charge in [0.25, 0.3) is 0 Å². The third-order valence-corrected chi connectivity index (χ3v) is 12.9. The second-order valence-corrected chi connectivity index (χ2v) is 15.5. The first-order chi connectivity index (χ1) is 13.3. The molecule has 0 saturated carbocycles. The number of benzene rings is 2. The molecular weight excluding hydrogens is 440 g/mol. The van der Waals surface area contributed by atoms with Gasteiger partial charge in [-0.25, -0.2) is 0 Å². The average molecular weight is 466 g/mol. The molecule has 2 aliphatic carbocycles. The molecular formula is C25H25BrSSi. The van der Waals surface area contributed by atoms with Gasteiger partial charge in [0.05, 0.1) is 8.07 Å². The molecule has 0 radical (unpaired) electrons. The molecule has 0 fully saturated rings. The fourth-order valence-corrected chi connectivity index (χ4v) is 11.6. The van der Waals surface area contributed by atoms with Gasteiger partial charge in [-0.3, -0.25) is 0 Å². The first-order valence-corrected chi connectivity index (χ1v) is 14.7. The monoisotopic (exact) mass is 464 g/mol. The van der Waals surface area contributed by atoms with Gasteiger partial charge in [0, 0.05) is 25.0 Å². The topological polar surface area (TPSA) is 0 Å². The molecule has 142 valence electrons. The number of hydrogen-bond acceptors (Lipinski definition) is 1. The summed E-state index contributed by atoms with van der Waals surface area (Å²) in [5.74, 6) is 0. The van der Waals surface area contributed by atoms with Gasteiger partial charge in [0.15, 0.2) is 0 Å². The van der Waals surface area contributed by atoms with E-state index in [1.807, 2.05) is 11.3 Å². The van der Waals surface area contributed by atoms with Crippen molar-refractivity contribution in [1.29, 1.82) is 0 Å². The van der Waals surface area contributed by atoms with E-state index in [-0.39, 0.29) is 0 Å². The summed E-state index contributed by atoms with van der Waals surface area (Å²) >= 11 is 5.95. The molecule has 28 heavy (non-hydrogen) atoms. The molecule has 1 atom stereocenters. The van der Waals surface area contributed by atoms with Crippen LogP contribution in [0, 0.1) is 13.8 Å². The van der Waals surface area contributed by atoms with E-state index in [0.717, 1.165) is 6.42 Å². The number of rotatable bonds is 2. The van der Waals surface area contributed by atoms with Gasteiger partial charge in [0.1, 0.15) is 0 Å². The van der Waals surface area contributed by atoms with Crippen LogP contribution in [0.1, 0.15) is 45.2 Å². The highest BCUT2D eigenvalue weighted by molar-refractivity contribution is 9.10. The lowest BCUT2D eigenvalue weighted by atomic mass is 10.0. The van der Waals surface area contributed by atoms with Crippen LogP contribution in [0.4, 0.5) is 0 Å². The highest BCUT2D eigenvalue weighted by atomic mass is 79.9. The Morgan fingerprint density at radius 2 is 1.86 bits per heavy atom. The van der Waals surface area contributed by atoms with E-state index < -0.39 is 8.07 Å². The number of halogens is 1. The molecule has 2 aromatic carbocycles. The summed E-state index contributed by atoms with van der Waals surface area (Å²) in [6.45, 7) is 12.0. The molecule has 0 saturated heterocycles. The molecule has 3 heteroatoms. The van der Waals surface area contributed by atoms with Gasteiger partial charge in [0.2, 0.25) is 0 Å². The smallest absolute Gasteiger partial charge is 0.0927 e. The van der Waals surface area contributed by atoms with E-state index in [1.165, 1.54) is 47.3 Å². The Hall–Kier alpha value is -1.42. The Labute approximate surface area is 181 Å². The first-order valence-electron chi connectivity index (χ1n) is 9.99. The summed E-state index contributed by atoms with van der Waals surface area (Å²) in [5.41, 5.74) is 9.54. The normalized spacial score (nSPS) is 18.3. The van der Waals surface area contributed by atoms with Gasteiger partial charge in [-0.2, -0.15) is 0 Å². The van der Waals surface area contributed by atoms with Crippen LogP contribution >= 0.6 is 27.3 Å². The second-order valence-electron chi connectivity index (χ2n) is 8.89. The van der Waals surface area contributed by atoms with Crippen molar-refractivity contribution in [2.75, 3.05) is 0 Å². The molecule has 5 rings (SSSR count). The molecule has 0 amide bonds. The quantitative estimate of drug-likeness (QED) is 0.335. The number of thiophene rings is 1. The van der Waals surface area contributed by atoms with Crippen LogP contribution < -0.4 is 0 Å². The zero-order chi connectivity index (χ0) is 19.8. The summed E-state index contributed by atoms with van der Waals surface area (Å²) in [7, 11) is -1.74. The van der Waals surface area contributed by atoms with Crippen molar-refractivity contribution < 1.29 is 0 Å². The van der Waals surface area contributed by atoms with E-state index in [1.54, 1.807) is 10.8 Å². The van der Waals surface area contributed by atoms with Gasteiger partial charge in [-0.1, -0.05) is 60.3 Å². The highest BCUT2D eigenvalue weighted by Crippen LogP contribution is 2.51. The van der Waals surface area contributed by atoms with E-state index in [9.17, 15) is 0 Å². The third kappa shape index (κ3) is 2.46. The molecule has 0 N–H and O–H groups in total. The SMILES string of the molecule is CC1=C([Si](C)(C)C2C=Cc3ccccc32)c2cc3sc(C)c(C)c3c(Br)c2C1. The second kappa shape index (κ2) is 6.29. The fourth-order valence-electron chi connectivity index (χ4n) is 5.43. The predicted octanol–water partition coefficient (Wildman–Crippen LogP) is 8.21. The molecule has 1 aromatic heterocycles. The number of aryl methyl sites for hydroxylation is 2. The fraction of sp³-hybridized carbons (Fsp3) is 0.280. The van der Waals surface area contributed by atoms with Crippen LogP contribution in [-0.2, 0) is 6.42 Å². The van der Waals surface area contributed by atoms with Crippen LogP contribution in [-0.4, -0.2) is 8.07 Å². The Bertz CT molecular complexity index is 1210. The largest absolute Gasteiger partial charge is 0.140 e. The molecule has 0 nitrogen and oxygen atoms in total. The van der Waals surface area contributed by atoms with Gasteiger partial charge < -0.3 is 0 Å². The Balaban J connectivity index is 1.70. The van der Waals surface area contributed by atoms with E-state index in [2.05, 4.69) is 92.3 Å². The molecule has 0 bridgehead atoms. The first kappa shape index (κ1) is 18.6. The minimum Gasteiger partial charge on any atom is -0.140 e. The molecule has 0 spiro atoms. The van der Waals surface area contributed by atoms with Crippen LogP contribution in [0.5, 0.6) is 0 Å². The van der Waals surface area contributed by atoms with Gasteiger partial charge in [-0.05, 0) is 77.0 Å². The van der Waals surface area contributed by atoms with E-state index >= 15 is 0 Å². The minimum absolute atomic E-state index is 0.556. The van der Waals surface area contributed by atoms with Crippen molar-refractivity contribution in [1.82, 2.24) is 0 Å². The third-order valence-electron chi connectivity index (χ3n) is 6.86. The Morgan fingerprint density at radius 1 is 1.11 bits per heavy atom. The molecule has 2 aliphatic rings. The standard InChI is InChI=1S/C25H25BrSSi/c1-14-12-19-20(13-21-23(24(19)26)15(2)16(3)27-21)25(14)28(4,5)22-11-10-17-8-6-7-9-18(17)22/h6-11,13,22H,12H2,1-5H3. The van der Waals surface area contributed by atoms with E-state index in [0.29, 0.717) is 5.54 Å². The average Bonchev–Trinajstić information content (AvgIpc) is 3.30. The minimum atomic E-state index is -1.74. The molecule has 0 aliphatic heterocycles. The number of allylic oxidation sites excluding steroid dienone is 2. The summed E-state index contributed by atoms with van der Waals surface area (Å²) in [5, 5.41) is 3.11. The maximum absolute atomic E-state index is 4.01. The maximum atomic E-state index is 4.01. The highest BCUT2D eigenvalue weighted by Gasteiger charge is 2.42. The Morgan fingerprint density at radius 3 is 2.64 bits per heavy atom. The van der Waals surface area contributed by atoms with Crippen LogP contribution in [0.2, 0.25) is 13.1 Å². The maximum Gasteiger partial charge on any atom is 0.0927 e. The van der Waals surface area contributed by atoms with Crippen molar-refractivity contribution in [3.63, 3.8) is 0 Å². The van der Waals surface area contributed by atoms with E-state index in [4.69, 9.17) is 0 Å². The van der Waals surface area contributed by atoms with Crippen molar-refractivity contribution in [3.8, 4) is 0 Å².